The third kappa shape index (κ3) is 5.34. The summed E-state index contributed by atoms with van der Waals surface area (Å²) >= 11 is 0. The van der Waals surface area contributed by atoms with E-state index < -0.39 is 0 Å². The number of hydrogen-bond donors (Lipinski definition) is 6. The van der Waals surface area contributed by atoms with Crippen LogP contribution in [0.15, 0.2) is 109 Å². The van der Waals surface area contributed by atoms with Gasteiger partial charge in [0.15, 0.2) is 11.5 Å². The van der Waals surface area contributed by atoms with Crippen LogP contribution in [0.3, 0.4) is 0 Å². The minimum Gasteiger partial charge on any atom is -0.508 e. The summed E-state index contributed by atoms with van der Waals surface area (Å²) in [6.07, 6.45) is 0. The Morgan fingerprint density at radius 3 is 1.22 bits per heavy atom. The second-order valence-corrected chi connectivity index (χ2v) is 8.02. The van der Waals surface area contributed by atoms with Gasteiger partial charge < -0.3 is 30.6 Å². The Morgan fingerprint density at radius 2 is 0.722 bits per heavy atom. The van der Waals surface area contributed by atoms with Gasteiger partial charge in [0.2, 0.25) is 0 Å². The maximum atomic E-state index is 9.39. The van der Waals surface area contributed by atoms with Crippen LogP contribution >= 0.6 is 0 Å². The van der Waals surface area contributed by atoms with Crippen LogP contribution in [0, 0.1) is 0 Å². The summed E-state index contributed by atoms with van der Waals surface area (Å²) in [6.45, 7) is 0. The molecular weight excluding hydrogens is 456 g/mol. The Morgan fingerprint density at radius 1 is 0.306 bits per heavy atom. The molecule has 6 aromatic carbocycles. The van der Waals surface area contributed by atoms with E-state index >= 15 is 0 Å². The largest absolute Gasteiger partial charge is 0.508 e. The van der Waals surface area contributed by atoms with Crippen molar-refractivity contribution >= 4 is 32.3 Å². The highest BCUT2D eigenvalue weighted by molar-refractivity contribution is 5.92. The molecule has 6 nitrogen and oxygen atoms in total. The molecule has 0 aliphatic heterocycles. The number of fused-ring (bicyclic) bond motifs is 3. The molecule has 0 saturated carbocycles. The fraction of sp³-hybridized carbons (Fsp3) is 0. The lowest BCUT2D eigenvalue weighted by molar-refractivity contribution is 0.405. The Bertz CT molecular complexity index is 1580. The van der Waals surface area contributed by atoms with E-state index in [1.807, 2.05) is 60.7 Å². The third-order valence-corrected chi connectivity index (χ3v) is 5.55. The van der Waals surface area contributed by atoms with Gasteiger partial charge in [0.25, 0.3) is 0 Å². The van der Waals surface area contributed by atoms with Gasteiger partial charge in [0.05, 0.1) is 0 Å². The first-order valence-electron chi connectivity index (χ1n) is 11.0. The van der Waals surface area contributed by atoms with Gasteiger partial charge in [-0.3, -0.25) is 0 Å². The number of phenols is 6. The van der Waals surface area contributed by atoms with E-state index in [0.717, 1.165) is 21.5 Å². The smallest absolute Gasteiger partial charge is 0.158 e. The number of aromatic hydroxyl groups is 6. The fourth-order valence-corrected chi connectivity index (χ4v) is 3.76. The van der Waals surface area contributed by atoms with Gasteiger partial charge in [-0.05, 0) is 46.5 Å². The van der Waals surface area contributed by atoms with Gasteiger partial charge in [-0.1, -0.05) is 72.8 Å². The van der Waals surface area contributed by atoms with Crippen LogP contribution in [0.25, 0.3) is 32.3 Å². The van der Waals surface area contributed by atoms with Gasteiger partial charge in [-0.15, -0.1) is 0 Å². The number of hydrogen-bond acceptors (Lipinski definition) is 6. The zero-order chi connectivity index (χ0) is 25.7. The molecule has 180 valence electrons. The van der Waals surface area contributed by atoms with E-state index in [1.165, 1.54) is 18.2 Å². The van der Waals surface area contributed by atoms with Gasteiger partial charge in [0.1, 0.15) is 23.0 Å². The number of benzene rings is 6. The average molecular weight is 481 g/mol. The van der Waals surface area contributed by atoms with E-state index in [0.29, 0.717) is 10.8 Å². The molecule has 0 heterocycles. The van der Waals surface area contributed by atoms with Crippen molar-refractivity contribution in [1.29, 1.82) is 0 Å². The van der Waals surface area contributed by atoms with Gasteiger partial charge >= 0.3 is 0 Å². The van der Waals surface area contributed by atoms with Crippen molar-refractivity contribution in [3.05, 3.63) is 109 Å². The van der Waals surface area contributed by atoms with Crippen LogP contribution in [0.4, 0.5) is 0 Å². The van der Waals surface area contributed by atoms with Crippen molar-refractivity contribution in [1.82, 2.24) is 0 Å². The van der Waals surface area contributed by atoms with E-state index in [1.54, 1.807) is 30.3 Å². The Balaban J connectivity index is 0.000000127. The molecule has 0 saturated heterocycles. The summed E-state index contributed by atoms with van der Waals surface area (Å²) in [6, 6.07) is 31.1. The van der Waals surface area contributed by atoms with Gasteiger partial charge in [-0.25, -0.2) is 0 Å². The lowest BCUT2D eigenvalue weighted by Gasteiger charge is -2.01. The average Bonchev–Trinajstić information content (AvgIpc) is 2.88. The molecule has 6 aromatic rings. The van der Waals surface area contributed by atoms with Crippen molar-refractivity contribution in [3.63, 3.8) is 0 Å². The van der Waals surface area contributed by atoms with Crippen molar-refractivity contribution in [2.24, 2.45) is 0 Å². The summed E-state index contributed by atoms with van der Waals surface area (Å²) in [5.41, 5.74) is 0. The van der Waals surface area contributed by atoms with Crippen LogP contribution in [0.2, 0.25) is 0 Å². The van der Waals surface area contributed by atoms with Crippen molar-refractivity contribution in [3.8, 4) is 34.5 Å². The molecule has 0 aliphatic rings. The molecular formula is C30H24O6. The van der Waals surface area contributed by atoms with Crippen molar-refractivity contribution in [2.45, 2.75) is 0 Å². The molecule has 0 atom stereocenters. The summed E-state index contributed by atoms with van der Waals surface area (Å²) in [5, 5.41) is 60.5. The zero-order valence-electron chi connectivity index (χ0n) is 19.1. The molecule has 0 bridgehead atoms. The maximum Gasteiger partial charge on any atom is 0.158 e. The first-order chi connectivity index (χ1) is 17.3. The minimum absolute atomic E-state index is 0.0753. The Hall–Kier alpha value is -5.10. The number of rotatable bonds is 0. The molecule has 6 rings (SSSR count). The minimum atomic E-state index is -0.0753. The number of phenolic OH excluding ortho intramolecular Hbond substituents is 6. The van der Waals surface area contributed by atoms with Crippen LogP contribution in [-0.2, 0) is 0 Å². The van der Waals surface area contributed by atoms with E-state index in [4.69, 9.17) is 15.3 Å². The molecule has 0 radical (unpaired) electrons. The van der Waals surface area contributed by atoms with Crippen molar-refractivity contribution < 1.29 is 30.6 Å². The zero-order valence-corrected chi connectivity index (χ0v) is 19.1. The fourth-order valence-electron chi connectivity index (χ4n) is 3.76. The van der Waals surface area contributed by atoms with E-state index in [-0.39, 0.29) is 34.5 Å². The molecule has 0 amide bonds. The lowest BCUT2D eigenvalue weighted by atomic mass is 10.1. The van der Waals surface area contributed by atoms with E-state index in [2.05, 4.69) is 0 Å². The Kier molecular flexibility index (Phi) is 6.97. The summed E-state index contributed by atoms with van der Waals surface area (Å²) in [5.74, 6) is 0.450. The Labute approximate surface area is 206 Å². The summed E-state index contributed by atoms with van der Waals surface area (Å²) < 4.78 is 0. The molecule has 36 heavy (non-hydrogen) atoms. The molecule has 0 fully saturated rings. The third-order valence-electron chi connectivity index (χ3n) is 5.55. The highest BCUT2D eigenvalue weighted by Gasteiger charge is 2.02. The van der Waals surface area contributed by atoms with Crippen LogP contribution < -0.4 is 0 Å². The maximum absolute atomic E-state index is 9.39. The summed E-state index contributed by atoms with van der Waals surface area (Å²) in [7, 11) is 0. The van der Waals surface area contributed by atoms with Crippen LogP contribution in [0.1, 0.15) is 0 Å². The molecule has 6 N–H and O–H groups in total. The lowest BCUT2D eigenvalue weighted by Crippen LogP contribution is -1.73. The van der Waals surface area contributed by atoms with Gasteiger partial charge in [-0.2, -0.15) is 0 Å². The van der Waals surface area contributed by atoms with Gasteiger partial charge in [0, 0.05) is 22.2 Å². The topological polar surface area (TPSA) is 121 Å². The second-order valence-electron chi connectivity index (χ2n) is 8.02. The quantitative estimate of drug-likeness (QED) is 0.106. The van der Waals surface area contributed by atoms with E-state index in [9.17, 15) is 15.3 Å². The normalized spacial score (nSPS) is 10.3. The molecule has 0 unspecified atom stereocenters. The SMILES string of the molecule is Oc1cc(O)c2ccccc2c1.Oc1cc2ccccc2cc1O.Oc1ccc(O)c2ccccc12. The highest BCUT2D eigenvalue weighted by atomic mass is 16.3. The highest BCUT2D eigenvalue weighted by Crippen LogP contribution is 2.31. The molecule has 6 heteroatoms. The van der Waals surface area contributed by atoms with Crippen LogP contribution in [-0.4, -0.2) is 30.6 Å². The van der Waals surface area contributed by atoms with Crippen molar-refractivity contribution in [2.75, 3.05) is 0 Å². The monoisotopic (exact) mass is 480 g/mol. The molecule has 0 spiro atoms. The standard InChI is InChI=1S/3C10H8O2/c11-8-5-7-3-1-2-4-9(7)10(12)6-8;11-9-5-7-3-1-2-4-8(7)6-10(9)12;11-9-5-6-10(12)8-4-2-1-3-7(8)9/h3*1-6,11-12H. The van der Waals surface area contributed by atoms with Crippen LogP contribution in [0.5, 0.6) is 34.5 Å². The first kappa shape index (κ1) is 24.0. The molecule has 0 aliphatic carbocycles. The summed E-state index contributed by atoms with van der Waals surface area (Å²) in [4.78, 5) is 0. The predicted octanol–water partition coefficient (Wildman–Crippen LogP) is 6.75. The predicted molar refractivity (Wildman–Crippen MR) is 142 cm³/mol. The second kappa shape index (κ2) is 10.4. The first-order valence-corrected chi connectivity index (χ1v) is 11.0. The molecule has 0 aromatic heterocycles.